The SMILES string of the molecule is CCCNC1c2ccccc2CC1N(CC)CCOCC. The van der Waals surface area contributed by atoms with Gasteiger partial charge in [0.2, 0.25) is 0 Å². The molecule has 0 fully saturated rings. The first-order valence-corrected chi connectivity index (χ1v) is 8.44. The van der Waals surface area contributed by atoms with Gasteiger partial charge < -0.3 is 10.1 Å². The van der Waals surface area contributed by atoms with Crippen LogP contribution in [0.15, 0.2) is 24.3 Å². The molecular formula is C18H30N2O. The van der Waals surface area contributed by atoms with Crippen LogP contribution < -0.4 is 5.32 Å². The zero-order chi connectivity index (χ0) is 15.1. The van der Waals surface area contributed by atoms with Crippen molar-refractivity contribution in [2.45, 2.75) is 45.7 Å². The molecule has 0 spiro atoms. The van der Waals surface area contributed by atoms with Crippen LogP contribution in [0.1, 0.15) is 44.4 Å². The highest BCUT2D eigenvalue weighted by Gasteiger charge is 2.34. The molecule has 2 rings (SSSR count). The normalized spacial score (nSPS) is 21.0. The molecule has 0 saturated heterocycles. The largest absolute Gasteiger partial charge is 0.380 e. The van der Waals surface area contributed by atoms with Gasteiger partial charge in [0.15, 0.2) is 0 Å². The van der Waals surface area contributed by atoms with E-state index in [2.05, 4.69) is 55.3 Å². The van der Waals surface area contributed by atoms with Crippen molar-refractivity contribution in [2.75, 3.05) is 32.8 Å². The lowest BCUT2D eigenvalue weighted by Crippen LogP contribution is -2.44. The van der Waals surface area contributed by atoms with Crippen LogP contribution in [0.4, 0.5) is 0 Å². The predicted molar refractivity (Wildman–Crippen MR) is 88.7 cm³/mol. The molecule has 0 radical (unpaired) electrons. The molecule has 1 aromatic carbocycles. The number of nitrogens with one attached hydrogen (secondary N) is 1. The Morgan fingerprint density at radius 3 is 2.76 bits per heavy atom. The molecule has 0 bridgehead atoms. The van der Waals surface area contributed by atoms with Gasteiger partial charge >= 0.3 is 0 Å². The summed E-state index contributed by atoms with van der Waals surface area (Å²) in [5.41, 5.74) is 3.00. The molecule has 3 nitrogen and oxygen atoms in total. The lowest BCUT2D eigenvalue weighted by molar-refractivity contribution is 0.0886. The summed E-state index contributed by atoms with van der Waals surface area (Å²) in [7, 11) is 0. The first-order valence-electron chi connectivity index (χ1n) is 8.44. The second-order valence-corrected chi connectivity index (χ2v) is 5.73. The van der Waals surface area contributed by atoms with E-state index >= 15 is 0 Å². The number of benzene rings is 1. The van der Waals surface area contributed by atoms with E-state index in [0.29, 0.717) is 12.1 Å². The van der Waals surface area contributed by atoms with Gasteiger partial charge in [-0.15, -0.1) is 0 Å². The van der Waals surface area contributed by atoms with Crippen LogP contribution in [0.5, 0.6) is 0 Å². The first-order chi connectivity index (χ1) is 10.3. The molecule has 1 aliphatic carbocycles. The molecule has 3 heteroatoms. The fraction of sp³-hybridized carbons (Fsp3) is 0.667. The lowest BCUT2D eigenvalue weighted by atomic mass is 10.1. The molecule has 21 heavy (non-hydrogen) atoms. The number of likely N-dealkylation sites (N-methyl/N-ethyl adjacent to an activating group) is 1. The standard InChI is InChI=1S/C18H30N2O/c1-4-11-19-18-16-10-8-7-9-15(16)14-17(18)20(5-2)12-13-21-6-3/h7-10,17-19H,4-6,11-14H2,1-3H3. The Morgan fingerprint density at radius 1 is 1.24 bits per heavy atom. The Hall–Kier alpha value is -0.900. The van der Waals surface area contributed by atoms with E-state index in [4.69, 9.17) is 4.74 Å². The molecule has 118 valence electrons. The number of hydrogen-bond acceptors (Lipinski definition) is 3. The van der Waals surface area contributed by atoms with Gasteiger partial charge in [-0.2, -0.15) is 0 Å². The van der Waals surface area contributed by atoms with E-state index in [-0.39, 0.29) is 0 Å². The third-order valence-corrected chi connectivity index (χ3v) is 4.42. The highest BCUT2D eigenvalue weighted by molar-refractivity contribution is 5.37. The Balaban J connectivity index is 2.09. The van der Waals surface area contributed by atoms with E-state index in [1.165, 1.54) is 17.5 Å². The maximum Gasteiger partial charge on any atom is 0.0593 e. The van der Waals surface area contributed by atoms with E-state index in [1.807, 2.05) is 0 Å². The van der Waals surface area contributed by atoms with Crippen molar-refractivity contribution in [3.8, 4) is 0 Å². The highest BCUT2D eigenvalue weighted by Crippen LogP contribution is 2.34. The van der Waals surface area contributed by atoms with Gasteiger partial charge in [-0.25, -0.2) is 0 Å². The molecule has 0 heterocycles. The van der Waals surface area contributed by atoms with Crippen LogP contribution in [0.25, 0.3) is 0 Å². The van der Waals surface area contributed by atoms with Gasteiger partial charge in [-0.3, -0.25) is 4.90 Å². The molecule has 0 aliphatic heterocycles. The molecule has 0 amide bonds. The van der Waals surface area contributed by atoms with E-state index in [9.17, 15) is 0 Å². The average Bonchev–Trinajstić information content (AvgIpc) is 2.88. The molecule has 2 unspecified atom stereocenters. The van der Waals surface area contributed by atoms with Crippen molar-refractivity contribution in [1.29, 1.82) is 0 Å². The minimum atomic E-state index is 0.461. The summed E-state index contributed by atoms with van der Waals surface area (Å²) < 4.78 is 5.56. The third kappa shape index (κ3) is 4.06. The van der Waals surface area contributed by atoms with Crippen LogP contribution in [-0.2, 0) is 11.2 Å². The van der Waals surface area contributed by atoms with Gasteiger partial charge in [-0.05, 0) is 44.0 Å². The summed E-state index contributed by atoms with van der Waals surface area (Å²) in [5, 5.41) is 3.76. The number of rotatable bonds is 9. The molecule has 0 aromatic heterocycles. The van der Waals surface area contributed by atoms with Crippen molar-refractivity contribution in [3.63, 3.8) is 0 Å². The van der Waals surface area contributed by atoms with Crippen LogP contribution in [0.3, 0.4) is 0 Å². The summed E-state index contributed by atoms with van der Waals surface area (Å²) in [6.45, 7) is 11.4. The van der Waals surface area contributed by atoms with Gasteiger partial charge in [0.05, 0.1) is 6.61 Å². The quantitative estimate of drug-likeness (QED) is 0.708. The average molecular weight is 290 g/mol. The van der Waals surface area contributed by atoms with Crippen LogP contribution in [0.2, 0.25) is 0 Å². The summed E-state index contributed by atoms with van der Waals surface area (Å²) in [4.78, 5) is 2.57. The van der Waals surface area contributed by atoms with Gasteiger partial charge in [-0.1, -0.05) is 38.1 Å². The van der Waals surface area contributed by atoms with Crippen LogP contribution in [0, 0.1) is 0 Å². The monoisotopic (exact) mass is 290 g/mol. The van der Waals surface area contributed by atoms with E-state index in [1.54, 1.807) is 0 Å². The zero-order valence-electron chi connectivity index (χ0n) is 13.8. The molecule has 1 aromatic rings. The van der Waals surface area contributed by atoms with Crippen molar-refractivity contribution in [2.24, 2.45) is 0 Å². The Bertz CT molecular complexity index is 421. The molecule has 2 atom stereocenters. The minimum Gasteiger partial charge on any atom is -0.380 e. The number of ether oxygens (including phenoxy) is 1. The second-order valence-electron chi connectivity index (χ2n) is 5.73. The number of nitrogens with zero attached hydrogens (tertiary/aromatic N) is 1. The molecule has 1 N–H and O–H groups in total. The Labute approximate surface area is 129 Å². The Kier molecular flexibility index (Phi) is 6.68. The van der Waals surface area contributed by atoms with Crippen molar-refractivity contribution >= 4 is 0 Å². The predicted octanol–water partition coefficient (Wildman–Crippen LogP) is 3.01. The molecule has 0 saturated carbocycles. The first kappa shape index (κ1) is 16.5. The smallest absolute Gasteiger partial charge is 0.0593 e. The maximum atomic E-state index is 5.56. The van der Waals surface area contributed by atoms with Crippen molar-refractivity contribution < 1.29 is 4.74 Å². The van der Waals surface area contributed by atoms with Gasteiger partial charge in [0.1, 0.15) is 0 Å². The topological polar surface area (TPSA) is 24.5 Å². The Morgan fingerprint density at radius 2 is 2.05 bits per heavy atom. The number of fused-ring (bicyclic) bond motifs is 1. The van der Waals surface area contributed by atoms with Crippen LogP contribution in [-0.4, -0.2) is 43.8 Å². The fourth-order valence-corrected chi connectivity index (χ4v) is 3.34. The summed E-state index contributed by atoms with van der Waals surface area (Å²) in [5.74, 6) is 0. The summed E-state index contributed by atoms with van der Waals surface area (Å²) >= 11 is 0. The second kappa shape index (κ2) is 8.52. The highest BCUT2D eigenvalue weighted by atomic mass is 16.5. The maximum absolute atomic E-state index is 5.56. The molecular weight excluding hydrogens is 260 g/mol. The number of hydrogen-bond donors (Lipinski definition) is 1. The lowest BCUT2D eigenvalue weighted by Gasteiger charge is -2.33. The van der Waals surface area contributed by atoms with Crippen molar-refractivity contribution in [1.82, 2.24) is 10.2 Å². The third-order valence-electron chi connectivity index (χ3n) is 4.42. The zero-order valence-corrected chi connectivity index (χ0v) is 13.8. The van der Waals surface area contributed by atoms with Gasteiger partial charge in [0, 0.05) is 25.2 Å². The fourth-order valence-electron chi connectivity index (χ4n) is 3.34. The molecule has 1 aliphatic rings. The summed E-state index contributed by atoms with van der Waals surface area (Å²) in [6, 6.07) is 9.92. The minimum absolute atomic E-state index is 0.461. The summed E-state index contributed by atoms with van der Waals surface area (Å²) in [6.07, 6.45) is 2.33. The van der Waals surface area contributed by atoms with Gasteiger partial charge in [0.25, 0.3) is 0 Å². The van der Waals surface area contributed by atoms with Crippen LogP contribution >= 0.6 is 0 Å². The van der Waals surface area contributed by atoms with E-state index < -0.39 is 0 Å². The van der Waals surface area contributed by atoms with E-state index in [0.717, 1.165) is 39.3 Å². The van der Waals surface area contributed by atoms with Crippen molar-refractivity contribution in [3.05, 3.63) is 35.4 Å².